The second-order valence-electron chi connectivity index (χ2n) is 5.77. The molecule has 1 aliphatic heterocycles. The average molecular weight is 431 g/mol. The zero-order chi connectivity index (χ0) is 18.1. The van der Waals surface area contributed by atoms with E-state index in [0.717, 1.165) is 22.6 Å². The fraction of sp³-hybridized carbons (Fsp3) is 0.158. The van der Waals surface area contributed by atoms with Gasteiger partial charge in [0.15, 0.2) is 10.4 Å². The average Bonchev–Trinajstić information content (AvgIpc) is 3.40. The number of thiophene rings is 1. The molecule has 0 fully saturated rings. The number of carbonyl (C=O) groups excluding carboxylic acids is 1. The van der Waals surface area contributed by atoms with Crippen molar-refractivity contribution < 1.29 is 13.9 Å². The lowest BCUT2D eigenvalue weighted by molar-refractivity contribution is 0.0675. The topological polar surface area (TPSA) is 55.0 Å². The van der Waals surface area contributed by atoms with Crippen LogP contribution in [0, 0.1) is 0 Å². The minimum Gasteiger partial charge on any atom is -0.496 e. The van der Waals surface area contributed by atoms with Crippen LogP contribution in [0.25, 0.3) is 0 Å². The summed E-state index contributed by atoms with van der Waals surface area (Å²) in [5.74, 6) is 0.696. The van der Waals surface area contributed by atoms with Gasteiger partial charge in [0.2, 0.25) is 0 Å². The van der Waals surface area contributed by atoms with Gasteiger partial charge in [-0.15, -0.1) is 0 Å². The van der Waals surface area contributed by atoms with Crippen LogP contribution in [-0.2, 0) is 0 Å². The van der Waals surface area contributed by atoms with Gasteiger partial charge >= 0.3 is 5.91 Å². The van der Waals surface area contributed by atoms with Crippen molar-refractivity contribution in [1.29, 1.82) is 0 Å². The number of carbonyl (C=O) groups is 1. The summed E-state index contributed by atoms with van der Waals surface area (Å²) in [5.41, 5.74) is 2.83. The van der Waals surface area contributed by atoms with Gasteiger partial charge in [0.05, 0.1) is 18.9 Å². The lowest BCUT2D eigenvalue weighted by Gasteiger charge is -2.22. The number of nitrogens with zero attached hydrogens (tertiary/aromatic N) is 2. The highest BCUT2D eigenvalue weighted by Crippen LogP contribution is 2.38. The molecule has 0 spiro atoms. The van der Waals surface area contributed by atoms with Gasteiger partial charge in [-0.25, -0.2) is 5.01 Å². The second kappa shape index (κ2) is 7.09. The molecular weight excluding hydrogens is 416 g/mol. The molecule has 5 nitrogen and oxygen atoms in total. The highest BCUT2D eigenvalue weighted by molar-refractivity contribution is 9.10. The zero-order valence-corrected chi connectivity index (χ0v) is 16.3. The molecule has 0 saturated carbocycles. The van der Waals surface area contributed by atoms with E-state index in [1.54, 1.807) is 30.6 Å². The molecule has 3 aromatic rings. The Morgan fingerprint density at radius 3 is 2.85 bits per heavy atom. The van der Waals surface area contributed by atoms with E-state index >= 15 is 0 Å². The lowest BCUT2D eigenvalue weighted by Crippen LogP contribution is -2.27. The predicted molar refractivity (Wildman–Crippen MR) is 104 cm³/mol. The Morgan fingerprint density at radius 2 is 2.15 bits per heavy atom. The van der Waals surface area contributed by atoms with Gasteiger partial charge in [-0.3, -0.25) is 4.79 Å². The van der Waals surface area contributed by atoms with Crippen LogP contribution in [0.15, 0.2) is 67.4 Å². The summed E-state index contributed by atoms with van der Waals surface area (Å²) in [5, 5.41) is 10.2. The number of halogens is 1. The number of hydrogen-bond acceptors (Lipinski definition) is 5. The Labute approximate surface area is 163 Å². The highest BCUT2D eigenvalue weighted by Gasteiger charge is 2.36. The van der Waals surface area contributed by atoms with Gasteiger partial charge in [0, 0.05) is 17.5 Å². The smallest absolute Gasteiger partial charge is 0.310 e. The monoisotopic (exact) mass is 430 g/mol. The first-order chi connectivity index (χ1) is 12.7. The van der Waals surface area contributed by atoms with Crippen molar-refractivity contribution in [2.45, 2.75) is 12.5 Å². The van der Waals surface area contributed by atoms with Crippen molar-refractivity contribution in [3.8, 4) is 5.75 Å². The SMILES string of the molecule is COc1ccccc1[C@H]1CC(c2ccsc2)=NN1C(=O)c1ccc(Br)o1. The van der Waals surface area contributed by atoms with Gasteiger partial charge in [-0.05, 0) is 51.0 Å². The third kappa shape index (κ3) is 3.08. The second-order valence-corrected chi connectivity index (χ2v) is 7.34. The van der Waals surface area contributed by atoms with Crippen molar-refractivity contribution in [1.82, 2.24) is 5.01 Å². The van der Waals surface area contributed by atoms with E-state index in [-0.39, 0.29) is 17.7 Å². The molecule has 0 N–H and O–H groups in total. The van der Waals surface area contributed by atoms with E-state index in [4.69, 9.17) is 9.15 Å². The molecule has 4 rings (SSSR count). The summed E-state index contributed by atoms with van der Waals surface area (Å²) in [7, 11) is 1.63. The Balaban J connectivity index is 1.75. The minimum absolute atomic E-state index is 0.243. The number of ether oxygens (including phenoxy) is 1. The molecule has 1 atom stereocenters. The van der Waals surface area contributed by atoms with E-state index < -0.39 is 0 Å². The first-order valence-corrected chi connectivity index (χ1v) is 9.73. The van der Waals surface area contributed by atoms with Crippen LogP contribution in [0.4, 0.5) is 0 Å². The van der Waals surface area contributed by atoms with E-state index in [9.17, 15) is 4.79 Å². The molecule has 1 aliphatic rings. The number of para-hydroxylation sites is 1. The molecular formula is C19H15BrN2O3S. The number of hydrazone groups is 1. The van der Waals surface area contributed by atoms with Crippen LogP contribution in [0.2, 0.25) is 0 Å². The molecule has 0 radical (unpaired) electrons. The van der Waals surface area contributed by atoms with Crippen LogP contribution < -0.4 is 4.74 Å². The molecule has 1 aromatic carbocycles. The predicted octanol–water partition coefficient (Wildman–Crippen LogP) is 5.10. The van der Waals surface area contributed by atoms with Gasteiger partial charge in [0.1, 0.15) is 5.75 Å². The van der Waals surface area contributed by atoms with Crippen molar-refractivity contribution in [3.63, 3.8) is 0 Å². The quantitative estimate of drug-likeness (QED) is 0.578. The number of rotatable bonds is 4. The first-order valence-electron chi connectivity index (χ1n) is 7.99. The summed E-state index contributed by atoms with van der Waals surface area (Å²) in [6.07, 6.45) is 0.616. The molecule has 0 bridgehead atoms. The Kier molecular flexibility index (Phi) is 4.65. The van der Waals surface area contributed by atoms with Crippen LogP contribution in [0.3, 0.4) is 0 Å². The van der Waals surface area contributed by atoms with Crippen molar-refractivity contribution in [2.24, 2.45) is 5.10 Å². The number of methoxy groups -OCH3 is 1. The molecule has 132 valence electrons. The van der Waals surface area contributed by atoms with Gasteiger partial charge in [-0.2, -0.15) is 16.4 Å². The van der Waals surface area contributed by atoms with E-state index in [1.807, 2.05) is 41.1 Å². The van der Waals surface area contributed by atoms with E-state index in [2.05, 4.69) is 21.0 Å². The lowest BCUT2D eigenvalue weighted by atomic mass is 9.98. The highest BCUT2D eigenvalue weighted by atomic mass is 79.9. The van der Waals surface area contributed by atoms with Crippen LogP contribution in [0.1, 0.15) is 34.1 Å². The standard InChI is InChI=1S/C19H15BrN2O3S/c1-24-16-5-3-2-4-13(16)15-10-14(12-8-9-26-11-12)21-22(15)19(23)17-6-7-18(20)25-17/h2-9,11,15H,10H2,1H3/t15-/m1/s1. The van der Waals surface area contributed by atoms with Crippen LogP contribution >= 0.6 is 27.3 Å². The van der Waals surface area contributed by atoms with Crippen molar-refractivity contribution >= 4 is 38.9 Å². The molecule has 3 heterocycles. The van der Waals surface area contributed by atoms with E-state index in [1.165, 1.54) is 5.01 Å². The van der Waals surface area contributed by atoms with Gasteiger partial charge in [-0.1, -0.05) is 18.2 Å². The fourth-order valence-electron chi connectivity index (χ4n) is 3.03. The molecule has 0 aliphatic carbocycles. The van der Waals surface area contributed by atoms with Crippen molar-refractivity contribution in [3.05, 3.63) is 74.8 Å². The molecule has 2 aromatic heterocycles. The Morgan fingerprint density at radius 1 is 1.31 bits per heavy atom. The largest absolute Gasteiger partial charge is 0.496 e. The third-order valence-corrected chi connectivity index (χ3v) is 5.36. The van der Waals surface area contributed by atoms with E-state index in [0.29, 0.717) is 11.1 Å². The third-order valence-electron chi connectivity index (χ3n) is 4.25. The Bertz CT molecular complexity index is 965. The first kappa shape index (κ1) is 17.1. The summed E-state index contributed by atoms with van der Waals surface area (Å²) >= 11 is 4.85. The summed E-state index contributed by atoms with van der Waals surface area (Å²) in [6.45, 7) is 0. The summed E-state index contributed by atoms with van der Waals surface area (Å²) < 4.78 is 11.5. The van der Waals surface area contributed by atoms with Gasteiger partial charge < -0.3 is 9.15 Å². The normalized spacial score (nSPS) is 16.6. The number of hydrogen-bond donors (Lipinski definition) is 0. The number of benzene rings is 1. The van der Waals surface area contributed by atoms with Crippen LogP contribution in [-0.4, -0.2) is 23.7 Å². The molecule has 7 heteroatoms. The molecule has 1 amide bonds. The Hall–Kier alpha value is -2.38. The maximum Gasteiger partial charge on any atom is 0.310 e. The van der Waals surface area contributed by atoms with Gasteiger partial charge in [0.25, 0.3) is 0 Å². The molecule has 0 unspecified atom stereocenters. The zero-order valence-electron chi connectivity index (χ0n) is 13.9. The maximum atomic E-state index is 13.0. The van der Waals surface area contributed by atoms with Crippen molar-refractivity contribution in [2.75, 3.05) is 7.11 Å². The minimum atomic E-state index is -0.281. The molecule has 0 saturated heterocycles. The number of furan rings is 1. The van der Waals surface area contributed by atoms with Crippen LogP contribution in [0.5, 0.6) is 5.75 Å². The fourth-order valence-corrected chi connectivity index (χ4v) is 4.00. The summed E-state index contributed by atoms with van der Waals surface area (Å²) in [4.78, 5) is 13.0. The molecule has 26 heavy (non-hydrogen) atoms. The number of amides is 1. The summed E-state index contributed by atoms with van der Waals surface area (Å²) in [6, 6.07) is 12.8. The maximum absolute atomic E-state index is 13.0.